The van der Waals surface area contributed by atoms with Gasteiger partial charge in [0.05, 0.1) is 12.6 Å². The number of nitrogens with two attached hydrogens (primary N) is 1. The quantitative estimate of drug-likeness (QED) is 0.736. The third-order valence-electron chi connectivity index (χ3n) is 3.52. The number of likely N-dealkylation sites (tertiary alicyclic amines) is 1. The second-order valence-corrected chi connectivity index (χ2v) is 6.40. The molecule has 2 rings (SSSR count). The highest BCUT2D eigenvalue weighted by Crippen LogP contribution is 2.23. The van der Waals surface area contributed by atoms with Crippen LogP contribution in [0.25, 0.3) is 0 Å². The monoisotopic (exact) mass is 263 g/mol. The Labute approximate surface area is 103 Å². The zero-order valence-electron chi connectivity index (χ0n) is 10.2. The van der Waals surface area contributed by atoms with Crippen LogP contribution >= 0.6 is 0 Å². The van der Waals surface area contributed by atoms with Crippen molar-refractivity contribution in [3.63, 3.8) is 0 Å². The van der Waals surface area contributed by atoms with E-state index in [9.17, 15) is 8.42 Å². The number of likely N-dealkylation sites (N-methyl/N-ethyl adjacent to an activating group) is 1. The summed E-state index contributed by atoms with van der Waals surface area (Å²) in [5.41, 5.74) is 0. The van der Waals surface area contributed by atoms with Crippen LogP contribution in [0, 0.1) is 0 Å². The highest BCUT2D eigenvalue weighted by molar-refractivity contribution is 7.86. The third kappa shape index (κ3) is 3.17. The second kappa shape index (κ2) is 5.19. The molecule has 2 aliphatic rings. The van der Waals surface area contributed by atoms with Crippen molar-refractivity contribution in [2.45, 2.75) is 31.3 Å². The molecule has 0 aromatic heterocycles. The van der Waals surface area contributed by atoms with E-state index in [1.807, 2.05) is 7.05 Å². The molecule has 0 aromatic rings. The summed E-state index contributed by atoms with van der Waals surface area (Å²) in [5.74, 6) is 0. The molecular weight excluding hydrogens is 242 g/mol. The molecule has 0 saturated carbocycles. The summed E-state index contributed by atoms with van der Waals surface area (Å²) in [7, 11) is -1.63. The van der Waals surface area contributed by atoms with Crippen LogP contribution in [0.15, 0.2) is 0 Å². The first-order valence-corrected chi connectivity index (χ1v) is 7.56. The predicted molar refractivity (Wildman–Crippen MR) is 64.7 cm³/mol. The molecule has 0 spiro atoms. The van der Waals surface area contributed by atoms with Crippen molar-refractivity contribution < 1.29 is 13.2 Å². The van der Waals surface area contributed by atoms with Gasteiger partial charge in [-0.05, 0) is 32.9 Å². The lowest BCUT2D eigenvalue weighted by molar-refractivity contribution is 0.126. The van der Waals surface area contributed by atoms with Gasteiger partial charge in [-0.1, -0.05) is 0 Å². The van der Waals surface area contributed by atoms with Gasteiger partial charge in [-0.25, -0.2) is 5.14 Å². The van der Waals surface area contributed by atoms with Crippen molar-refractivity contribution in [3.05, 3.63) is 0 Å². The van der Waals surface area contributed by atoms with Crippen molar-refractivity contribution >= 4 is 10.2 Å². The van der Waals surface area contributed by atoms with E-state index in [0.717, 1.165) is 32.4 Å². The maximum atomic E-state index is 11.8. The molecule has 17 heavy (non-hydrogen) atoms. The molecule has 0 aliphatic carbocycles. The summed E-state index contributed by atoms with van der Waals surface area (Å²) in [6, 6.07) is -0.0862. The van der Waals surface area contributed by atoms with Gasteiger partial charge in [0.15, 0.2) is 0 Å². The number of hydrogen-bond donors (Lipinski definition) is 1. The van der Waals surface area contributed by atoms with Crippen LogP contribution in [0.5, 0.6) is 0 Å². The lowest BCUT2D eigenvalue weighted by atomic mass is 10.0. The van der Waals surface area contributed by atoms with Crippen molar-refractivity contribution in [1.29, 1.82) is 0 Å². The van der Waals surface area contributed by atoms with E-state index in [2.05, 4.69) is 4.90 Å². The minimum atomic E-state index is -3.64. The molecular formula is C10H21N3O3S. The van der Waals surface area contributed by atoms with Gasteiger partial charge in [0.25, 0.3) is 10.2 Å². The molecule has 100 valence electrons. The predicted octanol–water partition coefficient (Wildman–Crippen LogP) is -0.625. The molecule has 2 unspecified atom stereocenters. The molecule has 7 heteroatoms. The lowest BCUT2D eigenvalue weighted by Crippen LogP contribution is -2.55. The van der Waals surface area contributed by atoms with E-state index in [1.165, 1.54) is 4.31 Å². The molecule has 2 heterocycles. The number of piperidine rings is 1. The Hall–Kier alpha value is -0.210. The van der Waals surface area contributed by atoms with Gasteiger partial charge in [0.1, 0.15) is 0 Å². The molecule has 0 bridgehead atoms. The van der Waals surface area contributed by atoms with E-state index in [-0.39, 0.29) is 12.1 Å². The Morgan fingerprint density at radius 3 is 2.65 bits per heavy atom. The third-order valence-corrected chi connectivity index (χ3v) is 4.70. The van der Waals surface area contributed by atoms with Crippen LogP contribution in [0.2, 0.25) is 0 Å². The molecule has 6 nitrogen and oxygen atoms in total. The highest BCUT2D eigenvalue weighted by atomic mass is 32.2. The zero-order chi connectivity index (χ0) is 12.5. The van der Waals surface area contributed by atoms with Crippen LogP contribution in [-0.2, 0) is 14.9 Å². The van der Waals surface area contributed by atoms with Crippen molar-refractivity contribution in [3.8, 4) is 0 Å². The van der Waals surface area contributed by atoms with Gasteiger partial charge in [-0.15, -0.1) is 0 Å². The van der Waals surface area contributed by atoms with Gasteiger partial charge in [0.2, 0.25) is 0 Å². The van der Waals surface area contributed by atoms with Gasteiger partial charge in [0, 0.05) is 19.2 Å². The van der Waals surface area contributed by atoms with E-state index in [0.29, 0.717) is 13.2 Å². The fourth-order valence-corrected chi connectivity index (χ4v) is 3.95. The molecule has 2 N–H and O–H groups in total. The van der Waals surface area contributed by atoms with Crippen LogP contribution in [0.1, 0.15) is 19.3 Å². The molecule has 2 atom stereocenters. The van der Waals surface area contributed by atoms with E-state index >= 15 is 0 Å². The molecule has 2 fully saturated rings. The normalized spacial score (nSPS) is 32.2. The molecule has 2 saturated heterocycles. The topological polar surface area (TPSA) is 75.9 Å². The van der Waals surface area contributed by atoms with Gasteiger partial charge < -0.3 is 9.64 Å². The zero-order valence-corrected chi connectivity index (χ0v) is 11.0. The number of hydrogen-bond acceptors (Lipinski definition) is 4. The minimum absolute atomic E-state index is 0.00421. The van der Waals surface area contributed by atoms with E-state index in [4.69, 9.17) is 9.88 Å². The molecule has 0 radical (unpaired) electrons. The summed E-state index contributed by atoms with van der Waals surface area (Å²) in [5, 5.41) is 5.36. The summed E-state index contributed by atoms with van der Waals surface area (Å²) in [6.45, 7) is 2.87. The first kappa shape index (κ1) is 13.2. The van der Waals surface area contributed by atoms with E-state index < -0.39 is 10.2 Å². The summed E-state index contributed by atoms with van der Waals surface area (Å²) in [4.78, 5) is 2.15. The summed E-state index contributed by atoms with van der Waals surface area (Å²) >= 11 is 0. The van der Waals surface area contributed by atoms with E-state index in [1.54, 1.807) is 0 Å². The SMILES string of the molecule is CN1CCCC(N(C2CCOC2)S(N)(=O)=O)C1. The number of rotatable bonds is 3. The van der Waals surface area contributed by atoms with Gasteiger partial charge in [-0.2, -0.15) is 12.7 Å². The molecule has 0 amide bonds. The van der Waals surface area contributed by atoms with Crippen molar-refractivity contribution in [2.75, 3.05) is 33.4 Å². The number of nitrogens with zero attached hydrogens (tertiary/aromatic N) is 2. The smallest absolute Gasteiger partial charge is 0.277 e. The number of ether oxygens (including phenoxy) is 1. The van der Waals surface area contributed by atoms with Crippen LogP contribution in [0.3, 0.4) is 0 Å². The summed E-state index contributed by atoms with van der Waals surface area (Å²) in [6.07, 6.45) is 2.65. The Morgan fingerprint density at radius 2 is 2.12 bits per heavy atom. The standard InChI is InChI=1S/C10H21N3O3S/c1-12-5-2-3-9(7-12)13(17(11,14)15)10-4-6-16-8-10/h9-10H,2-8H2,1H3,(H2,11,14,15). The fourth-order valence-electron chi connectivity index (χ4n) is 2.78. The Balaban J connectivity index is 2.14. The first-order valence-electron chi connectivity index (χ1n) is 6.06. The highest BCUT2D eigenvalue weighted by Gasteiger charge is 2.37. The van der Waals surface area contributed by atoms with Crippen molar-refractivity contribution in [1.82, 2.24) is 9.21 Å². The maximum Gasteiger partial charge on any atom is 0.277 e. The largest absolute Gasteiger partial charge is 0.380 e. The summed E-state index contributed by atoms with van der Waals surface area (Å²) < 4.78 is 30.3. The minimum Gasteiger partial charge on any atom is -0.380 e. The van der Waals surface area contributed by atoms with Crippen LogP contribution < -0.4 is 5.14 Å². The Kier molecular flexibility index (Phi) is 4.04. The lowest BCUT2D eigenvalue weighted by Gasteiger charge is -2.38. The Bertz CT molecular complexity index is 354. The second-order valence-electron chi connectivity index (χ2n) is 4.95. The Morgan fingerprint density at radius 1 is 1.35 bits per heavy atom. The first-order chi connectivity index (χ1) is 7.98. The van der Waals surface area contributed by atoms with Crippen LogP contribution in [-0.4, -0.2) is 63.1 Å². The fraction of sp³-hybridized carbons (Fsp3) is 1.00. The average Bonchev–Trinajstić information content (AvgIpc) is 2.69. The van der Waals surface area contributed by atoms with Gasteiger partial charge >= 0.3 is 0 Å². The van der Waals surface area contributed by atoms with Crippen LogP contribution in [0.4, 0.5) is 0 Å². The van der Waals surface area contributed by atoms with Gasteiger partial charge in [-0.3, -0.25) is 0 Å². The average molecular weight is 263 g/mol. The van der Waals surface area contributed by atoms with Crippen molar-refractivity contribution in [2.24, 2.45) is 5.14 Å². The maximum absolute atomic E-state index is 11.8. The molecule has 0 aromatic carbocycles. The molecule has 2 aliphatic heterocycles.